The van der Waals surface area contributed by atoms with E-state index in [-0.39, 0.29) is 12.5 Å². The minimum absolute atomic E-state index is 0.211. The van der Waals surface area contributed by atoms with E-state index < -0.39 is 12.1 Å². The smallest absolute Gasteiger partial charge is 0.237 e. The largest absolute Gasteiger partial charge is 0.394 e. The highest BCUT2D eigenvalue weighted by molar-refractivity contribution is 5.81. The van der Waals surface area contributed by atoms with Gasteiger partial charge >= 0.3 is 0 Å². The molecule has 1 aromatic rings. The number of hydrogen-bond donors (Lipinski definition) is 3. The number of pyridine rings is 1. The van der Waals surface area contributed by atoms with Crippen molar-refractivity contribution in [3.05, 3.63) is 23.9 Å². The van der Waals surface area contributed by atoms with Crippen LogP contribution in [0, 0.1) is 0 Å². The van der Waals surface area contributed by atoms with Crippen LogP contribution in [0.3, 0.4) is 0 Å². The zero-order valence-electron chi connectivity index (χ0n) is 13.2. The van der Waals surface area contributed by atoms with Crippen LogP contribution >= 0.6 is 0 Å². The van der Waals surface area contributed by atoms with Crippen molar-refractivity contribution in [1.29, 1.82) is 0 Å². The number of aliphatic hydroxyl groups excluding tert-OH is 1. The number of aromatic nitrogens is 1. The number of nitrogens with zero attached hydrogens (tertiary/aromatic N) is 3. The summed E-state index contributed by atoms with van der Waals surface area (Å²) in [6.07, 6.45) is 0. The highest BCUT2D eigenvalue weighted by Crippen LogP contribution is 2.17. The van der Waals surface area contributed by atoms with Gasteiger partial charge in [-0.2, -0.15) is 0 Å². The van der Waals surface area contributed by atoms with Crippen LogP contribution in [0.4, 0.5) is 5.82 Å². The predicted octanol–water partition coefficient (Wildman–Crippen LogP) is -0.670. The van der Waals surface area contributed by atoms with Crippen molar-refractivity contribution in [2.75, 3.05) is 44.7 Å². The SMILES string of the molecule is C[C@@H](N)C(=O)N[C@H](CO)c1cccc(N2CCN(C)CC2)n1. The average Bonchev–Trinajstić information content (AvgIpc) is 2.53. The van der Waals surface area contributed by atoms with Gasteiger partial charge < -0.3 is 26.0 Å². The molecular weight excluding hydrogens is 282 g/mol. The third kappa shape index (κ3) is 4.16. The fourth-order valence-corrected chi connectivity index (χ4v) is 2.36. The number of hydrogen-bond acceptors (Lipinski definition) is 6. The summed E-state index contributed by atoms with van der Waals surface area (Å²) in [6, 6.07) is 4.51. The second-order valence-corrected chi connectivity index (χ2v) is 5.74. The number of likely N-dealkylation sites (N-methyl/N-ethyl adjacent to an activating group) is 1. The first kappa shape index (κ1) is 16.7. The first-order valence-electron chi connectivity index (χ1n) is 7.58. The monoisotopic (exact) mass is 307 g/mol. The lowest BCUT2D eigenvalue weighted by molar-refractivity contribution is -0.123. The van der Waals surface area contributed by atoms with E-state index in [2.05, 4.69) is 27.1 Å². The Balaban J connectivity index is 2.10. The molecule has 1 saturated heterocycles. The highest BCUT2D eigenvalue weighted by atomic mass is 16.3. The Morgan fingerprint density at radius 3 is 2.68 bits per heavy atom. The Morgan fingerprint density at radius 2 is 2.09 bits per heavy atom. The van der Waals surface area contributed by atoms with Crippen LogP contribution in [0.1, 0.15) is 18.7 Å². The van der Waals surface area contributed by atoms with E-state index in [9.17, 15) is 9.90 Å². The molecular formula is C15H25N5O2. The first-order chi connectivity index (χ1) is 10.5. The van der Waals surface area contributed by atoms with Crippen LogP contribution in [0.2, 0.25) is 0 Å². The lowest BCUT2D eigenvalue weighted by Crippen LogP contribution is -2.45. The fourth-order valence-electron chi connectivity index (χ4n) is 2.36. The number of carbonyl (C=O) groups excluding carboxylic acids is 1. The Hall–Kier alpha value is -1.70. The van der Waals surface area contributed by atoms with Crippen molar-refractivity contribution in [3.8, 4) is 0 Å². The minimum atomic E-state index is -0.616. The van der Waals surface area contributed by atoms with Gasteiger partial charge in [0.25, 0.3) is 0 Å². The summed E-state index contributed by atoms with van der Waals surface area (Å²) >= 11 is 0. The molecule has 22 heavy (non-hydrogen) atoms. The van der Waals surface area contributed by atoms with Crippen LogP contribution in [-0.4, -0.2) is 66.8 Å². The van der Waals surface area contributed by atoms with Gasteiger partial charge in [0.1, 0.15) is 5.82 Å². The second kappa shape index (κ2) is 7.53. The molecule has 0 bridgehead atoms. The molecule has 0 aromatic carbocycles. The molecule has 1 aromatic heterocycles. The van der Waals surface area contributed by atoms with E-state index in [4.69, 9.17) is 5.73 Å². The highest BCUT2D eigenvalue weighted by Gasteiger charge is 2.20. The van der Waals surface area contributed by atoms with Gasteiger partial charge in [-0.3, -0.25) is 4.79 Å². The van der Waals surface area contributed by atoms with Crippen molar-refractivity contribution in [1.82, 2.24) is 15.2 Å². The maximum Gasteiger partial charge on any atom is 0.237 e. The number of carbonyl (C=O) groups is 1. The van der Waals surface area contributed by atoms with E-state index >= 15 is 0 Å². The van der Waals surface area contributed by atoms with E-state index in [1.54, 1.807) is 6.92 Å². The second-order valence-electron chi connectivity index (χ2n) is 5.74. The number of piperazine rings is 1. The Morgan fingerprint density at radius 1 is 1.41 bits per heavy atom. The number of nitrogens with one attached hydrogen (secondary N) is 1. The number of nitrogens with two attached hydrogens (primary N) is 1. The summed E-state index contributed by atoms with van der Waals surface area (Å²) in [5.41, 5.74) is 6.20. The average molecular weight is 307 g/mol. The molecule has 7 nitrogen and oxygen atoms in total. The van der Waals surface area contributed by atoms with Crippen LogP contribution in [0.25, 0.3) is 0 Å². The molecule has 2 rings (SSSR count). The van der Waals surface area contributed by atoms with Crippen molar-refractivity contribution in [2.24, 2.45) is 5.73 Å². The maximum atomic E-state index is 11.7. The van der Waals surface area contributed by atoms with Gasteiger partial charge in [0, 0.05) is 26.2 Å². The summed E-state index contributed by atoms with van der Waals surface area (Å²) in [5.74, 6) is 0.574. The van der Waals surface area contributed by atoms with Gasteiger partial charge in [0.05, 0.1) is 24.4 Å². The molecule has 1 amide bonds. The third-order valence-corrected chi connectivity index (χ3v) is 3.85. The summed E-state index contributed by atoms with van der Waals surface area (Å²) in [5, 5.41) is 12.2. The topological polar surface area (TPSA) is 94.7 Å². The normalized spacial score (nSPS) is 18.8. The number of rotatable bonds is 5. The summed E-state index contributed by atoms with van der Waals surface area (Å²) in [4.78, 5) is 20.8. The zero-order valence-corrected chi connectivity index (χ0v) is 13.2. The molecule has 7 heteroatoms. The molecule has 1 fully saturated rings. The van der Waals surface area contributed by atoms with E-state index in [0.717, 1.165) is 32.0 Å². The Labute approximate surface area is 131 Å². The fraction of sp³-hybridized carbons (Fsp3) is 0.600. The number of anilines is 1. The minimum Gasteiger partial charge on any atom is -0.394 e. The Kier molecular flexibility index (Phi) is 5.70. The Bertz CT molecular complexity index is 500. The molecule has 2 heterocycles. The van der Waals surface area contributed by atoms with Crippen LogP contribution in [-0.2, 0) is 4.79 Å². The van der Waals surface area contributed by atoms with Crippen LogP contribution in [0.15, 0.2) is 18.2 Å². The number of amides is 1. The van der Waals surface area contributed by atoms with E-state index in [1.165, 1.54) is 0 Å². The molecule has 0 unspecified atom stereocenters. The standard InChI is InChI=1S/C15H25N5O2/c1-11(16)15(22)18-13(10-21)12-4-3-5-14(17-12)20-8-6-19(2)7-9-20/h3-5,11,13,21H,6-10,16H2,1-2H3,(H,18,22)/t11-,13-/m1/s1. The molecule has 1 aliphatic heterocycles. The van der Waals surface area contributed by atoms with Gasteiger partial charge in [-0.15, -0.1) is 0 Å². The van der Waals surface area contributed by atoms with Gasteiger partial charge in [0.2, 0.25) is 5.91 Å². The first-order valence-corrected chi connectivity index (χ1v) is 7.58. The summed E-state index contributed by atoms with van der Waals surface area (Å²) < 4.78 is 0. The van der Waals surface area contributed by atoms with Crippen molar-refractivity contribution < 1.29 is 9.90 Å². The van der Waals surface area contributed by atoms with Gasteiger partial charge in [-0.1, -0.05) is 6.07 Å². The lowest BCUT2D eigenvalue weighted by Gasteiger charge is -2.33. The van der Waals surface area contributed by atoms with E-state index in [0.29, 0.717) is 5.69 Å². The molecule has 0 aliphatic carbocycles. The third-order valence-electron chi connectivity index (χ3n) is 3.85. The molecule has 0 radical (unpaired) electrons. The maximum absolute atomic E-state index is 11.7. The quantitative estimate of drug-likeness (QED) is 0.668. The molecule has 4 N–H and O–H groups in total. The van der Waals surface area contributed by atoms with Crippen molar-refractivity contribution >= 4 is 11.7 Å². The lowest BCUT2D eigenvalue weighted by atomic mass is 10.1. The summed E-state index contributed by atoms with van der Waals surface area (Å²) in [7, 11) is 2.10. The molecule has 122 valence electrons. The molecule has 0 saturated carbocycles. The molecule has 0 spiro atoms. The van der Waals surface area contributed by atoms with E-state index in [1.807, 2.05) is 18.2 Å². The van der Waals surface area contributed by atoms with Crippen LogP contribution < -0.4 is 16.0 Å². The molecule has 2 atom stereocenters. The van der Waals surface area contributed by atoms with Gasteiger partial charge in [-0.25, -0.2) is 4.98 Å². The van der Waals surface area contributed by atoms with Crippen LogP contribution in [0.5, 0.6) is 0 Å². The number of aliphatic hydroxyl groups is 1. The van der Waals surface area contributed by atoms with Crippen molar-refractivity contribution in [3.63, 3.8) is 0 Å². The van der Waals surface area contributed by atoms with Gasteiger partial charge in [0.15, 0.2) is 0 Å². The zero-order chi connectivity index (χ0) is 16.1. The van der Waals surface area contributed by atoms with Crippen molar-refractivity contribution in [2.45, 2.75) is 19.0 Å². The summed E-state index contributed by atoms with van der Waals surface area (Å²) in [6.45, 7) is 5.23. The molecule has 1 aliphatic rings. The van der Waals surface area contributed by atoms with Gasteiger partial charge in [-0.05, 0) is 26.1 Å². The predicted molar refractivity (Wildman–Crippen MR) is 85.6 cm³/mol.